The average Bonchev–Trinajstić information content (AvgIpc) is 2.75. The molecule has 0 aromatic heterocycles. The predicted octanol–water partition coefficient (Wildman–Crippen LogP) is 1.76. The van der Waals surface area contributed by atoms with Crippen LogP contribution in [0.5, 0.6) is 0 Å². The molecule has 1 heterocycles. The fourth-order valence-corrected chi connectivity index (χ4v) is 3.38. The van der Waals surface area contributed by atoms with Gasteiger partial charge in [0.05, 0.1) is 5.92 Å². The Labute approximate surface area is 135 Å². The third kappa shape index (κ3) is 5.06. The van der Waals surface area contributed by atoms with Gasteiger partial charge in [0.2, 0.25) is 5.91 Å². The van der Waals surface area contributed by atoms with Crippen LogP contribution < -0.4 is 5.73 Å². The first kappa shape index (κ1) is 20.0. The molecule has 4 nitrogen and oxygen atoms in total. The maximum absolute atomic E-state index is 12.4. The van der Waals surface area contributed by atoms with Gasteiger partial charge in [0.1, 0.15) is 0 Å². The van der Waals surface area contributed by atoms with Crippen LogP contribution in [-0.2, 0) is 4.79 Å². The third-order valence-corrected chi connectivity index (χ3v) is 4.44. The molecule has 2 rings (SSSR count). The summed E-state index contributed by atoms with van der Waals surface area (Å²) in [6.45, 7) is 3.01. The van der Waals surface area contributed by atoms with E-state index in [9.17, 15) is 4.79 Å². The first-order valence-electron chi connectivity index (χ1n) is 7.27. The number of carbonyl (C=O) groups is 1. The lowest BCUT2D eigenvalue weighted by Gasteiger charge is -2.35. The van der Waals surface area contributed by atoms with Crippen LogP contribution in [-0.4, -0.2) is 55.5 Å². The molecule has 2 atom stereocenters. The monoisotopic (exact) mass is 325 g/mol. The molecule has 0 aromatic rings. The summed E-state index contributed by atoms with van der Waals surface area (Å²) >= 11 is 0. The largest absolute Gasteiger partial charge is 0.342 e. The minimum atomic E-state index is 0. The smallest absolute Gasteiger partial charge is 0.227 e. The zero-order valence-electron chi connectivity index (χ0n) is 12.6. The number of nitrogens with two attached hydrogens (primary N) is 1. The molecule has 2 unspecified atom stereocenters. The van der Waals surface area contributed by atoms with Crippen molar-refractivity contribution in [3.63, 3.8) is 0 Å². The quantitative estimate of drug-likeness (QED) is 0.860. The summed E-state index contributed by atoms with van der Waals surface area (Å²) in [5, 5.41) is 0. The molecule has 1 aliphatic carbocycles. The summed E-state index contributed by atoms with van der Waals surface area (Å²) in [5.74, 6) is 1.18. The van der Waals surface area contributed by atoms with Crippen molar-refractivity contribution in [2.45, 2.75) is 38.1 Å². The molecule has 0 aromatic carbocycles. The van der Waals surface area contributed by atoms with Gasteiger partial charge in [0.15, 0.2) is 0 Å². The number of carbonyl (C=O) groups excluding carboxylic acids is 1. The number of rotatable bonds is 3. The maximum atomic E-state index is 12.4. The van der Waals surface area contributed by atoms with Crippen LogP contribution in [0.15, 0.2) is 0 Å². The standard InChI is InChI=1S/C14H27N3O.2ClH/c1-16(2)10-11-6-8-17(9-7-11)14(18)12-4-3-5-13(12)15;;/h11-13H,3-10,15H2,1-2H3;2*1H. The second-order valence-electron chi connectivity index (χ2n) is 6.23. The van der Waals surface area contributed by atoms with E-state index in [2.05, 4.69) is 23.9 Å². The van der Waals surface area contributed by atoms with Gasteiger partial charge in [-0.2, -0.15) is 0 Å². The van der Waals surface area contributed by atoms with Gasteiger partial charge < -0.3 is 15.5 Å². The summed E-state index contributed by atoms with van der Waals surface area (Å²) < 4.78 is 0. The van der Waals surface area contributed by atoms with E-state index < -0.39 is 0 Å². The van der Waals surface area contributed by atoms with E-state index in [4.69, 9.17) is 5.73 Å². The Morgan fingerprint density at radius 2 is 1.75 bits per heavy atom. The number of hydrogen-bond donors (Lipinski definition) is 1. The summed E-state index contributed by atoms with van der Waals surface area (Å²) in [7, 11) is 4.24. The van der Waals surface area contributed by atoms with Crippen molar-refractivity contribution in [2.24, 2.45) is 17.6 Å². The first-order chi connectivity index (χ1) is 8.58. The van der Waals surface area contributed by atoms with Gasteiger partial charge in [0, 0.05) is 25.7 Å². The van der Waals surface area contributed by atoms with Crippen LogP contribution in [0.4, 0.5) is 0 Å². The van der Waals surface area contributed by atoms with Crippen LogP contribution in [0.25, 0.3) is 0 Å². The molecule has 6 heteroatoms. The van der Waals surface area contributed by atoms with Gasteiger partial charge in [-0.3, -0.25) is 4.79 Å². The van der Waals surface area contributed by atoms with Crippen molar-refractivity contribution >= 4 is 30.7 Å². The van der Waals surface area contributed by atoms with Gasteiger partial charge in [0.25, 0.3) is 0 Å². The highest BCUT2D eigenvalue weighted by Gasteiger charge is 2.34. The van der Waals surface area contributed by atoms with Crippen LogP contribution >= 0.6 is 24.8 Å². The maximum Gasteiger partial charge on any atom is 0.227 e. The van der Waals surface area contributed by atoms with E-state index in [1.54, 1.807) is 0 Å². The fourth-order valence-electron chi connectivity index (χ4n) is 3.38. The number of likely N-dealkylation sites (tertiary alicyclic amines) is 1. The molecule has 0 spiro atoms. The van der Waals surface area contributed by atoms with E-state index in [-0.39, 0.29) is 36.8 Å². The molecule has 120 valence electrons. The second-order valence-corrected chi connectivity index (χ2v) is 6.23. The van der Waals surface area contributed by atoms with Gasteiger partial charge in [-0.15, -0.1) is 24.8 Å². The Balaban J connectivity index is 0.00000180. The summed E-state index contributed by atoms with van der Waals surface area (Å²) in [4.78, 5) is 16.7. The summed E-state index contributed by atoms with van der Waals surface area (Å²) in [5.41, 5.74) is 6.03. The minimum Gasteiger partial charge on any atom is -0.342 e. The molecule has 2 N–H and O–H groups in total. The molecule has 1 aliphatic heterocycles. The lowest BCUT2D eigenvalue weighted by Crippen LogP contribution is -2.46. The van der Waals surface area contributed by atoms with Gasteiger partial charge in [-0.1, -0.05) is 6.42 Å². The SMILES string of the molecule is CN(C)CC1CCN(C(=O)C2CCCC2N)CC1.Cl.Cl. The molecule has 2 fully saturated rings. The highest BCUT2D eigenvalue weighted by molar-refractivity contribution is 5.85. The highest BCUT2D eigenvalue weighted by atomic mass is 35.5. The molecule has 1 saturated heterocycles. The number of halogens is 2. The number of nitrogens with zero attached hydrogens (tertiary/aromatic N) is 2. The summed E-state index contributed by atoms with van der Waals surface area (Å²) in [6.07, 6.45) is 5.43. The van der Waals surface area contributed by atoms with E-state index in [0.29, 0.717) is 5.91 Å². The molecule has 0 bridgehead atoms. The zero-order valence-corrected chi connectivity index (χ0v) is 14.2. The molecule has 0 radical (unpaired) electrons. The Kier molecular flexibility index (Phi) is 9.07. The Morgan fingerprint density at radius 1 is 1.15 bits per heavy atom. The van der Waals surface area contributed by atoms with E-state index in [0.717, 1.165) is 57.7 Å². The minimum absolute atomic E-state index is 0. The van der Waals surface area contributed by atoms with Crippen LogP contribution in [0.2, 0.25) is 0 Å². The van der Waals surface area contributed by atoms with Gasteiger partial charge in [-0.25, -0.2) is 0 Å². The van der Waals surface area contributed by atoms with Gasteiger partial charge in [-0.05, 0) is 45.7 Å². The van der Waals surface area contributed by atoms with Crippen molar-refractivity contribution in [2.75, 3.05) is 33.7 Å². The fraction of sp³-hybridized carbons (Fsp3) is 0.929. The number of amides is 1. The normalized spacial score (nSPS) is 27.1. The summed E-state index contributed by atoms with van der Waals surface area (Å²) in [6, 6.07) is 0.108. The molecule has 20 heavy (non-hydrogen) atoms. The van der Waals surface area contributed by atoms with Crippen LogP contribution in [0.3, 0.4) is 0 Å². The van der Waals surface area contributed by atoms with Gasteiger partial charge >= 0.3 is 0 Å². The third-order valence-electron chi connectivity index (χ3n) is 4.44. The van der Waals surface area contributed by atoms with Crippen molar-refractivity contribution in [3.05, 3.63) is 0 Å². The molecular formula is C14H29Cl2N3O. The van der Waals surface area contributed by atoms with Crippen LogP contribution in [0.1, 0.15) is 32.1 Å². The Bertz CT molecular complexity index is 294. The predicted molar refractivity (Wildman–Crippen MR) is 87.7 cm³/mol. The van der Waals surface area contributed by atoms with Crippen molar-refractivity contribution in [3.8, 4) is 0 Å². The lowest BCUT2D eigenvalue weighted by atomic mass is 9.94. The molecule has 1 amide bonds. The topological polar surface area (TPSA) is 49.6 Å². The Morgan fingerprint density at radius 3 is 2.20 bits per heavy atom. The van der Waals surface area contributed by atoms with E-state index >= 15 is 0 Å². The molecular weight excluding hydrogens is 297 g/mol. The second kappa shape index (κ2) is 9.08. The Hall–Kier alpha value is -0.0300. The first-order valence-corrected chi connectivity index (χ1v) is 7.27. The average molecular weight is 326 g/mol. The molecule has 2 aliphatic rings. The van der Waals surface area contributed by atoms with E-state index in [1.165, 1.54) is 0 Å². The molecule has 1 saturated carbocycles. The van der Waals surface area contributed by atoms with E-state index in [1.807, 2.05) is 0 Å². The zero-order chi connectivity index (χ0) is 13.1. The van der Waals surface area contributed by atoms with Crippen LogP contribution in [0, 0.1) is 11.8 Å². The van der Waals surface area contributed by atoms with Crippen molar-refractivity contribution in [1.82, 2.24) is 9.80 Å². The number of hydrogen-bond acceptors (Lipinski definition) is 3. The number of piperidine rings is 1. The highest BCUT2D eigenvalue weighted by Crippen LogP contribution is 2.28. The lowest BCUT2D eigenvalue weighted by molar-refractivity contribution is -0.137. The van der Waals surface area contributed by atoms with Crippen molar-refractivity contribution < 1.29 is 4.79 Å². The van der Waals surface area contributed by atoms with Crippen molar-refractivity contribution in [1.29, 1.82) is 0 Å².